The number of halogens is 3. The van der Waals surface area contributed by atoms with Gasteiger partial charge in [0, 0.05) is 30.8 Å². The predicted octanol–water partition coefficient (Wildman–Crippen LogP) is 6.04. The number of fused-ring (bicyclic) bond motifs is 1. The molecule has 1 saturated carbocycles. The number of amides is 1. The number of hydrogen-bond donors (Lipinski definition) is 1. The number of rotatable bonds is 9. The highest BCUT2D eigenvalue weighted by molar-refractivity contribution is 7.91. The predicted molar refractivity (Wildman–Crippen MR) is 143 cm³/mol. The van der Waals surface area contributed by atoms with E-state index >= 15 is 0 Å². The molecule has 3 aromatic rings. The van der Waals surface area contributed by atoms with E-state index < -0.39 is 21.9 Å². The summed E-state index contributed by atoms with van der Waals surface area (Å²) < 4.78 is 65.3. The molecule has 39 heavy (non-hydrogen) atoms. The van der Waals surface area contributed by atoms with Crippen molar-refractivity contribution in [1.82, 2.24) is 19.9 Å². The number of carbonyl (C=O) groups excluding carboxylic acids is 1. The molecule has 0 aliphatic heterocycles. The number of imidazole rings is 1. The van der Waals surface area contributed by atoms with Crippen molar-refractivity contribution >= 4 is 26.8 Å². The fourth-order valence-electron chi connectivity index (χ4n) is 5.19. The normalized spacial score (nSPS) is 19.2. The number of hydrogen-bond acceptors (Lipinski definition) is 5. The van der Waals surface area contributed by atoms with Crippen molar-refractivity contribution in [3.05, 3.63) is 53.5 Å². The quantitative estimate of drug-likeness (QED) is 0.342. The maximum Gasteiger partial charge on any atom is 0.391 e. The van der Waals surface area contributed by atoms with Crippen molar-refractivity contribution in [2.45, 2.75) is 83.1 Å². The monoisotopic (exact) mass is 564 g/mol. The first kappa shape index (κ1) is 29.0. The maximum atomic E-state index is 13.1. The number of sulfone groups is 1. The third-order valence-electron chi connectivity index (χ3n) is 7.79. The van der Waals surface area contributed by atoms with E-state index in [0.29, 0.717) is 35.9 Å². The maximum absolute atomic E-state index is 13.1. The number of nitrogens with one attached hydrogen (secondary N) is 1. The molecule has 1 unspecified atom stereocenters. The molecular weight excluding hydrogens is 529 g/mol. The van der Waals surface area contributed by atoms with Crippen LogP contribution in [0.1, 0.15) is 80.7 Å². The molecule has 2 aromatic heterocycles. The summed E-state index contributed by atoms with van der Waals surface area (Å²) in [6.45, 7) is 5.91. The van der Waals surface area contributed by atoms with Gasteiger partial charge in [0.2, 0.25) is 0 Å². The van der Waals surface area contributed by atoms with E-state index in [1.165, 1.54) is 12.3 Å². The molecule has 11 heteroatoms. The lowest BCUT2D eigenvalue weighted by Crippen LogP contribution is -2.28. The summed E-state index contributed by atoms with van der Waals surface area (Å²) in [5.74, 6) is -0.542. The first-order valence-electron chi connectivity index (χ1n) is 13.5. The van der Waals surface area contributed by atoms with Gasteiger partial charge in [-0.05, 0) is 74.8 Å². The van der Waals surface area contributed by atoms with Crippen molar-refractivity contribution in [2.75, 3.05) is 5.75 Å². The van der Waals surface area contributed by atoms with Crippen LogP contribution < -0.4 is 5.32 Å². The fourth-order valence-corrected chi connectivity index (χ4v) is 5.98. The summed E-state index contributed by atoms with van der Waals surface area (Å²) in [7, 11) is -3.39. The van der Waals surface area contributed by atoms with E-state index in [1.807, 2.05) is 6.07 Å². The Kier molecular flexibility index (Phi) is 8.68. The van der Waals surface area contributed by atoms with Gasteiger partial charge >= 0.3 is 6.18 Å². The van der Waals surface area contributed by atoms with Gasteiger partial charge in [0.1, 0.15) is 5.82 Å². The molecule has 1 aliphatic carbocycles. The molecule has 2 heterocycles. The van der Waals surface area contributed by atoms with Crippen molar-refractivity contribution < 1.29 is 26.4 Å². The largest absolute Gasteiger partial charge is 0.391 e. The molecule has 1 amide bonds. The van der Waals surface area contributed by atoms with Crippen molar-refractivity contribution in [3.8, 4) is 0 Å². The Morgan fingerprint density at radius 3 is 2.44 bits per heavy atom. The van der Waals surface area contributed by atoms with E-state index in [2.05, 4.69) is 28.7 Å². The molecule has 4 rings (SSSR count). The number of aromatic nitrogens is 3. The van der Waals surface area contributed by atoms with Crippen molar-refractivity contribution in [1.29, 1.82) is 0 Å². The molecule has 0 bridgehead atoms. The molecule has 0 radical (unpaired) electrons. The zero-order valence-corrected chi connectivity index (χ0v) is 23.3. The van der Waals surface area contributed by atoms with Crippen LogP contribution in [0.25, 0.3) is 11.0 Å². The minimum absolute atomic E-state index is 0.00613. The van der Waals surface area contributed by atoms with Gasteiger partial charge in [-0.25, -0.2) is 18.4 Å². The standard InChI is InChI=1S/C28H35F3N4O3S/c1-4-18(3)35-24-12-9-21(27(36)33-17-20-8-13-26(32-16-20)39(37,38)5-2)15-23(24)34-25(35)14-19-6-10-22(11-7-19)28(29,30)31/h8-9,12-13,15-16,18-19,22H,4-7,10-11,14,17H2,1-3H3,(H,33,36). The number of benzene rings is 1. The van der Waals surface area contributed by atoms with Crippen LogP contribution >= 0.6 is 0 Å². The summed E-state index contributed by atoms with van der Waals surface area (Å²) in [6.07, 6.45) is 0.179. The Morgan fingerprint density at radius 2 is 1.85 bits per heavy atom. The van der Waals surface area contributed by atoms with Gasteiger partial charge in [0.15, 0.2) is 14.9 Å². The van der Waals surface area contributed by atoms with Crippen LogP contribution in [0.15, 0.2) is 41.6 Å². The van der Waals surface area contributed by atoms with Gasteiger partial charge in [0.05, 0.1) is 22.7 Å². The molecule has 1 aliphatic rings. The molecule has 1 fully saturated rings. The van der Waals surface area contributed by atoms with E-state index in [4.69, 9.17) is 4.98 Å². The summed E-state index contributed by atoms with van der Waals surface area (Å²) in [5, 5.41) is 2.84. The van der Waals surface area contributed by atoms with Crippen LogP contribution in [0.4, 0.5) is 13.2 Å². The average Bonchev–Trinajstić information content (AvgIpc) is 3.28. The molecule has 1 N–H and O–H groups in total. The van der Waals surface area contributed by atoms with Crippen LogP contribution in [0.3, 0.4) is 0 Å². The van der Waals surface area contributed by atoms with Gasteiger partial charge in [-0.3, -0.25) is 4.79 Å². The topological polar surface area (TPSA) is 94.0 Å². The molecule has 7 nitrogen and oxygen atoms in total. The van der Waals surface area contributed by atoms with E-state index in [1.54, 1.807) is 25.1 Å². The lowest BCUT2D eigenvalue weighted by molar-refractivity contribution is -0.183. The SMILES string of the molecule is CCC(C)n1c(CC2CCC(C(F)(F)F)CC2)nc2cc(C(=O)NCc3ccc(S(=O)(=O)CC)nc3)ccc21. The number of nitrogens with zero attached hydrogens (tertiary/aromatic N) is 3. The second-order valence-corrected chi connectivity index (χ2v) is 12.6. The smallest absolute Gasteiger partial charge is 0.348 e. The van der Waals surface area contributed by atoms with Gasteiger partial charge in [-0.1, -0.05) is 19.9 Å². The minimum atomic E-state index is -4.12. The van der Waals surface area contributed by atoms with Crippen LogP contribution in [-0.2, 0) is 22.8 Å². The van der Waals surface area contributed by atoms with E-state index in [9.17, 15) is 26.4 Å². The molecule has 1 aromatic carbocycles. The fraction of sp³-hybridized carbons (Fsp3) is 0.536. The van der Waals surface area contributed by atoms with Crippen LogP contribution in [0.5, 0.6) is 0 Å². The molecule has 0 saturated heterocycles. The Morgan fingerprint density at radius 1 is 1.13 bits per heavy atom. The molecule has 0 spiro atoms. The van der Waals surface area contributed by atoms with Gasteiger partial charge in [-0.15, -0.1) is 0 Å². The van der Waals surface area contributed by atoms with Crippen molar-refractivity contribution in [2.24, 2.45) is 11.8 Å². The third-order valence-corrected chi connectivity index (χ3v) is 9.43. The van der Waals surface area contributed by atoms with Gasteiger partial charge in [0.25, 0.3) is 5.91 Å². The molecule has 212 valence electrons. The van der Waals surface area contributed by atoms with Gasteiger partial charge < -0.3 is 9.88 Å². The Labute approximate surface area is 227 Å². The molecule has 1 atom stereocenters. The highest BCUT2D eigenvalue weighted by Crippen LogP contribution is 2.40. The zero-order valence-electron chi connectivity index (χ0n) is 22.5. The van der Waals surface area contributed by atoms with Crippen molar-refractivity contribution in [3.63, 3.8) is 0 Å². The highest BCUT2D eigenvalue weighted by Gasteiger charge is 2.41. The summed E-state index contributed by atoms with van der Waals surface area (Å²) in [6, 6.07) is 8.57. The van der Waals surface area contributed by atoms with E-state index in [0.717, 1.165) is 17.8 Å². The second kappa shape index (κ2) is 11.7. The second-order valence-electron chi connectivity index (χ2n) is 10.4. The minimum Gasteiger partial charge on any atom is -0.348 e. The summed E-state index contributed by atoms with van der Waals surface area (Å²) in [4.78, 5) is 21.7. The zero-order chi connectivity index (χ0) is 28.4. The molecular formula is C28H35F3N4O3S. The lowest BCUT2D eigenvalue weighted by Gasteiger charge is -2.30. The van der Waals surface area contributed by atoms with Crippen LogP contribution in [0, 0.1) is 11.8 Å². The van der Waals surface area contributed by atoms with E-state index in [-0.39, 0.29) is 48.0 Å². The van der Waals surface area contributed by atoms with Crippen LogP contribution in [0.2, 0.25) is 0 Å². The summed E-state index contributed by atoms with van der Waals surface area (Å²) >= 11 is 0. The summed E-state index contributed by atoms with van der Waals surface area (Å²) in [5.41, 5.74) is 2.68. The Balaban J connectivity index is 1.48. The number of alkyl halides is 3. The lowest BCUT2D eigenvalue weighted by atomic mass is 9.80. The Bertz CT molecular complexity index is 1410. The highest BCUT2D eigenvalue weighted by atomic mass is 32.2. The number of carbonyl (C=O) groups is 1. The number of pyridine rings is 1. The Hall–Kier alpha value is -2.95. The first-order chi connectivity index (χ1) is 18.4. The first-order valence-corrected chi connectivity index (χ1v) is 15.1. The average molecular weight is 565 g/mol. The van der Waals surface area contributed by atoms with Crippen LogP contribution in [-0.4, -0.2) is 40.8 Å². The third kappa shape index (κ3) is 6.62. The van der Waals surface area contributed by atoms with Gasteiger partial charge in [-0.2, -0.15) is 13.2 Å².